The first-order valence-corrected chi connectivity index (χ1v) is 9.14. The largest absolute Gasteiger partial charge is 0.331 e. The van der Waals surface area contributed by atoms with Gasteiger partial charge >= 0.3 is 6.03 Å². The molecule has 120 valence electrons. The van der Waals surface area contributed by atoms with Crippen LogP contribution >= 0.6 is 11.3 Å². The van der Waals surface area contributed by atoms with Crippen molar-refractivity contribution in [3.63, 3.8) is 0 Å². The minimum absolute atomic E-state index is 0.00364. The highest BCUT2D eigenvalue weighted by Gasteiger charge is 2.44. The normalized spacial score (nSPS) is 19.3. The summed E-state index contributed by atoms with van der Waals surface area (Å²) < 4.78 is 25.1. The van der Waals surface area contributed by atoms with Gasteiger partial charge in [-0.3, -0.25) is 10.1 Å². The van der Waals surface area contributed by atoms with Crippen molar-refractivity contribution in [2.45, 2.75) is 24.1 Å². The van der Waals surface area contributed by atoms with E-state index in [4.69, 9.17) is 0 Å². The summed E-state index contributed by atoms with van der Waals surface area (Å²) >= 11 is 1.20. The first kappa shape index (κ1) is 15.6. The monoisotopic (exact) mass is 351 g/mol. The summed E-state index contributed by atoms with van der Waals surface area (Å²) in [6, 6.07) is 5.07. The van der Waals surface area contributed by atoms with E-state index < -0.39 is 27.1 Å². The minimum Gasteiger partial charge on any atom is -0.283 e. The Kier molecular flexibility index (Phi) is 3.69. The van der Waals surface area contributed by atoms with E-state index in [0.717, 1.165) is 5.69 Å². The lowest BCUT2D eigenvalue weighted by Gasteiger charge is -2.32. The molecular weight excluding hydrogens is 338 g/mol. The third kappa shape index (κ3) is 2.51. The molecule has 7 nitrogen and oxygen atoms in total. The predicted octanol–water partition coefficient (Wildman–Crippen LogP) is 2.26. The maximum absolute atomic E-state index is 12.5. The second kappa shape index (κ2) is 5.43. The first-order valence-electron chi connectivity index (χ1n) is 6.72. The van der Waals surface area contributed by atoms with Crippen molar-refractivity contribution in [1.82, 2.24) is 9.88 Å². The van der Waals surface area contributed by atoms with Gasteiger partial charge in [0.05, 0.1) is 16.2 Å². The summed E-state index contributed by atoms with van der Waals surface area (Å²) in [7, 11) is -3.81. The Morgan fingerprint density at radius 2 is 2.04 bits per heavy atom. The Balaban J connectivity index is 2.00. The molecule has 3 rings (SSSR count). The summed E-state index contributed by atoms with van der Waals surface area (Å²) in [6.45, 7) is 3.08. The van der Waals surface area contributed by atoms with E-state index in [0.29, 0.717) is 10.0 Å². The maximum atomic E-state index is 12.5. The van der Waals surface area contributed by atoms with Gasteiger partial charge in [0.1, 0.15) is 5.37 Å². The van der Waals surface area contributed by atoms with Crippen LogP contribution in [-0.4, -0.2) is 35.6 Å². The molecule has 0 fully saturated rings. The first-order chi connectivity index (χ1) is 10.8. The second-order valence-electron chi connectivity index (χ2n) is 5.04. The zero-order valence-electron chi connectivity index (χ0n) is 12.3. The molecule has 1 aliphatic heterocycles. The number of benzene rings is 1. The van der Waals surface area contributed by atoms with Gasteiger partial charge in [-0.25, -0.2) is 23.1 Å². The Morgan fingerprint density at radius 1 is 1.35 bits per heavy atom. The number of rotatable bonds is 1. The Hall–Kier alpha value is -2.26. The Morgan fingerprint density at radius 3 is 2.70 bits per heavy atom. The molecular formula is C14H13N3O4S2. The van der Waals surface area contributed by atoms with E-state index in [1.807, 2.05) is 0 Å². The summed E-state index contributed by atoms with van der Waals surface area (Å²) in [5.41, 5.74) is 0.720. The van der Waals surface area contributed by atoms with Crippen LogP contribution in [0.4, 0.5) is 9.93 Å². The fourth-order valence-corrected chi connectivity index (χ4v) is 4.57. The van der Waals surface area contributed by atoms with E-state index in [1.165, 1.54) is 30.4 Å². The molecule has 0 saturated heterocycles. The van der Waals surface area contributed by atoms with Gasteiger partial charge in [0.15, 0.2) is 5.13 Å². The molecule has 1 aliphatic rings. The lowest BCUT2D eigenvalue weighted by Crippen LogP contribution is -2.52. The molecule has 3 amide bonds. The number of carbonyl (C=O) groups excluding carboxylic acids is 2. The number of carbonyl (C=O) groups is 2. The zero-order valence-corrected chi connectivity index (χ0v) is 13.9. The lowest BCUT2D eigenvalue weighted by atomic mass is 10.2. The van der Waals surface area contributed by atoms with Gasteiger partial charge in [-0.15, -0.1) is 11.3 Å². The molecule has 1 unspecified atom stereocenters. The van der Waals surface area contributed by atoms with Crippen molar-refractivity contribution in [1.29, 1.82) is 0 Å². The van der Waals surface area contributed by atoms with Crippen LogP contribution in [0.5, 0.6) is 0 Å². The van der Waals surface area contributed by atoms with Crippen LogP contribution in [-0.2, 0) is 9.84 Å². The number of sulfone groups is 1. The van der Waals surface area contributed by atoms with Crippen molar-refractivity contribution in [2.24, 2.45) is 0 Å². The molecule has 1 N–H and O–H groups in total. The summed E-state index contributed by atoms with van der Waals surface area (Å²) in [6.07, 6.45) is 0. The van der Waals surface area contributed by atoms with Gasteiger partial charge in [-0.2, -0.15) is 0 Å². The van der Waals surface area contributed by atoms with Crippen molar-refractivity contribution in [2.75, 3.05) is 5.32 Å². The SMILES string of the molecule is Cc1csc(NC(=O)N2C(=O)c3ccccc3S(=O)(=O)C2C)n1. The van der Waals surface area contributed by atoms with E-state index in [-0.39, 0.29) is 10.5 Å². The third-order valence-electron chi connectivity index (χ3n) is 3.51. The number of nitrogens with one attached hydrogen (secondary N) is 1. The number of nitrogens with zero attached hydrogens (tertiary/aromatic N) is 2. The van der Waals surface area contributed by atoms with Gasteiger partial charge in [0.25, 0.3) is 5.91 Å². The van der Waals surface area contributed by atoms with Crippen LogP contribution in [0.1, 0.15) is 23.0 Å². The number of thiazole rings is 1. The van der Waals surface area contributed by atoms with Crippen LogP contribution in [0.2, 0.25) is 0 Å². The summed E-state index contributed by atoms with van der Waals surface area (Å²) in [5, 5.41) is 3.23. The fraction of sp³-hybridized carbons (Fsp3) is 0.214. The number of aryl methyl sites for hydroxylation is 1. The highest BCUT2D eigenvalue weighted by Crippen LogP contribution is 2.30. The summed E-state index contributed by atoms with van der Waals surface area (Å²) in [4.78, 5) is 29.7. The molecule has 0 bridgehead atoms. The standard InChI is InChI=1S/C14H13N3O4S2/c1-8-7-22-13(15-8)16-14(19)17-9(2)23(20,21)11-6-4-3-5-10(11)12(17)18/h3-7,9H,1-2H3,(H,15,16,19). The van der Waals surface area contributed by atoms with Gasteiger partial charge in [0, 0.05) is 5.38 Å². The predicted molar refractivity (Wildman–Crippen MR) is 85.1 cm³/mol. The molecule has 1 aromatic heterocycles. The van der Waals surface area contributed by atoms with E-state index in [2.05, 4.69) is 10.3 Å². The van der Waals surface area contributed by atoms with Gasteiger partial charge < -0.3 is 0 Å². The number of imide groups is 1. The quantitative estimate of drug-likeness (QED) is 0.850. The second-order valence-corrected chi connectivity index (χ2v) is 8.11. The molecule has 23 heavy (non-hydrogen) atoms. The number of amides is 3. The average Bonchev–Trinajstić information content (AvgIpc) is 2.91. The highest BCUT2D eigenvalue weighted by atomic mass is 32.2. The van der Waals surface area contributed by atoms with E-state index in [9.17, 15) is 18.0 Å². The number of aromatic nitrogens is 1. The molecule has 0 radical (unpaired) electrons. The molecule has 0 saturated carbocycles. The summed E-state index contributed by atoms with van der Waals surface area (Å²) in [5.74, 6) is -0.645. The molecule has 9 heteroatoms. The molecule has 1 atom stereocenters. The van der Waals surface area contributed by atoms with Crippen LogP contribution in [0, 0.1) is 6.92 Å². The number of fused-ring (bicyclic) bond motifs is 1. The average molecular weight is 351 g/mol. The number of anilines is 1. The molecule has 0 aliphatic carbocycles. The minimum atomic E-state index is -3.81. The van der Waals surface area contributed by atoms with Gasteiger partial charge in [-0.1, -0.05) is 12.1 Å². The number of hydrogen-bond donors (Lipinski definition) is 1. The van der Waals surface area contributed by atoms with Crippen LogP contribution in [0.25, 0.3) is 0 Å². The van der Waals surface area contributed by atoms with E-state index in [1.54, 1.807) is 24.4 Å². The van der Waals surface area contributed by atoms with Gasteiger partial charge in [-0.05, 0) is 26.0 Å². The smallest absolute Gasteiger partial charge is 0.283 e. The Labute approximate surface area is 136 Å². The van der Waals surface area contributed by atoms with E-state index >= 15 is 0 Å². The lowest BCUT2D eigenvalue weighted by molar-refractivity contribution is 0.0788. The number of hydrogen-bond acceptors (Lipinski definition) is 6. The van der Waals surface area contributed by atoms with Gasteiger partial charge in [0.2, 0.25) is 9.84 Å². The van der Waals surface area contributed by atoms with Crippen LogP contribution in [0.3, 0.4) is 0 Å². The van der Waals surface area contributed by atoms with Crippen molar-refractivity contribution in [3.05, 3.63) is 40.9 Å². The van der Waals surface area contributed by atoms with Crippen molar-refractivity contribution < 1.29 is 18.0 Å². The molecule has 2 aromatic rings. The highest BCUT2D eigenvalue weighted by molar-refractivity contribution is 7.92. The van der Waals surface area contributed by atoms with Crippen LogP contribution in [0.15, 0.2) is 34.5 Å². The molecule has 2 heterocycles. The molecule has 0 spiro atoms. The molecule has 1 aromatic carbocycles. The van der Waals surface area contributed by atoms with Crippen LogP contribution < -0.4 is 5.32 Å². The topological polar surface area (TPSA) is 96.4 Å². The third-order valence-corrected chi connectivity index (χ3v) is 6.46. The Bertz CT molecular complexity index is 904. The zero-order chi connectivity index (χ0) is 16.8. The fourth-order valence-electron chi connectivity index (χ4n) is 2.33. The van der Waals surface area contributed by atoms with Crippen molar-refractivity contribution in [3.8, 4) is 0 Å². The number of urea groups is 1. The maximum Gasteiger partial charge on any atom is 0.331 e. The van der Waals surface area contributed by atoms with Crippen molar-refractivity contribution >= 4 is 38.2 Å².